The van der Waals surface area contributed by atoms with Crippen LogP contribution in [0.4, 0.5) is 5.69 Å². The molecule has 22 heavy (non-hydrogen) atoms. The van der Waals surface area contributed by atoms with Crippen LogP contribution in [0.25, 0.3) is 0 Å². The number of nitrogens with two attached hydrogens (primary N) is 1. The van der Waals surface area contributed by atoms with Crippen molar-refractivity contribution in [2.45, 2.75) is 13.8 Å². The van der Waals surface area contributed by atoms with Crippen LogP contribution in [0.2, 0.25) is 0 Å². The van der Waals surface area contributed by atoms with E-state index in [1.807, 2.05) is 4.90 Å². The third-order valence-electron chi connectivity index (χ3n) is 4.02. The normalized spacial score (nSPS) is 16.4. The number of nitrogens with one attached hydrogen (secondary N) is 1. The van der Waals surface area contributed by atoms with E-state index in [2.05, 4.69) is 46.9 Å². The van der Waals surface area contributed by atoms with Crippen molar-refractivity contribution in [3.05, 3.63) is 29.3 Å². The third-order valence-corrected chi connectivity index (χ3v) is 4.02. The van der Waals surface area contributed by atoms with Crippen molar-refractivity contribution in [3.63, 3.8) is 0 Å². The number of hydrogen-bond donors (Lipinski definition) is 2. The van der Waals surface area contributed by atoms with Gasteiger partial charge in [-0.05, 0) is 37.1 Å². The summed E-state index contributed by atoms with van der Waals surface area (Å²) in [4.78, 5) is 12.0. The molecule has 1 aliphatic heterocycles. The number of hydrogen-bond acceptors (Lipinski definition) is 3. The first-order chi connectivity index (χ1) is 10.5. The highest BCUT2D eigenvalue weighted by Gasteiger charge is 2.18. The molecule has 1 aromatic carbocycles. The maximum Gasteiger partial charge on any atom is 0.215 e. The van der Waals surface area contributed by atoms with Crippen LogP contribution in [0.15, 0.2) is 28.2 Å². The quantitative estimate of drug-likeness (QED) is 0.640. The number of piperazine rings is 1. The lowest BCUT2D eigenvalue weighted by Gasteiger charge is -2.36. The molecule has 0 radical (unpaired) electrons. The van der Waals surface area contributed by atoms with Gasteiger partial charge in [0, 0.05) is 38.9 Å². The molecule has 1 aliphatic rings. The average molecular weight is 300 g/mol. The number of benzene rings is 1. The maximum absolute atomic E-state index is 8.03. The summed E-state index contributed by atoms with van der Waals surface area (Å²) in [6, 6.07) is 6.57. The molecular weight excluding hydrogens is 276 g/mol. The Morgan fingerprint density at radius 2 is 1.86 bits per heavy atom. The van der Waals surface area contributed by atoms with Gasteiger partial charge in [-0.3, -0.25) is 10.4 Å². The van der Waals surface area contributed by atoms with Gasteiger partial charge in [0.15, 0.2) is 0 Å². The van der Waals surface area contributed by atoms with E-state index in [-0.39, 0.29) is 5.96 Å². The van der Waals surface area contributed by atoms with E-state index >= 15 is 0 Å². The van der Waals surface area contributed by atoms with Gasteiger partial charge in [0.1, 0.15) is 5.84 Å². The van der Waals surface area contributed by atoms with Crippen LogP contribution in [0.5, 0.6) is 0 Å². The first kappa shape index (κ1) is 16.0. The van der Waals surface area contributed by atoms with Gasteiger partial charge in [-0.1, -0.05) is 6.07 Å². The summed E-state index contributed by atoms with van der Waals surface area (Å²) >= 11 is 0. The second-order valence-electron chi connectivity index (χ2n) is 5.47. The number of aryl methyl sites for hydroxylation is 2. The predicted molar refractivity (Wildman–Crippen MR) is 93.5 cm³/mol. The molecule has 6 nitrogen and oxygen atoms in total. The highest BCUT2D eigenvalue weighted by Crippen LogP contribution is 2.20. The van der Waals surface area contributed by atoms with Gasteiger partial charge in [-0.2, -0.15) is 0 Å². The average Bonchev–Trinajstić information content (AvgIpc) is 2.55. The van der Waals surface area contributed by atoms with Gasteiger partial charge in [0.05, 0.1) is 6.21 Å². The lowest BCUT2D eigenvalue weighted by Crippen LogP contribution is -2.49. The molecule has 1 heterocycles. The summed E-state index contributed by atoms with van der Waals surface area (Å²) < 4.78 is 0. The molecule has 2 rings (SSSR count). The second kappa shape index (κ2) is 7.06. The Morgan fingerprint density at radius 1 is 1.18 bits per heavy atom. The van der Waals surface area contributed by atoms with Gasteiger partial charge in [-0.25, -0.2) is 4.99 Å². The molecule has 0 unspecified atom stereocenters. The number of aliphatic imine (C=N–C) groups is 2. The molecule has 1 saturated heterocycles. The van der Waals surface area contributed by atoms with Crippen molar-refractivity contribution in [1.29, 1.82) is 5.41 Å². The van der Waals surface area contributed by atoms with Gasteiger partial charge in [0.25, 0.3) is 0 Å². The lowest BCUT2D eigenvalue weighted by molar-refractivity contribution is 0.388. The van der Waals surface area contributed by atoms with Crippen molar-refractivity contribution in [2.75, 3.05) is 38.1 Å². The van der Waals surface area contributed by atoms with Crippen molar-refractivity contribution in [3.8, 4) is 0 Å². The third kappa shape index (κ3) is 3.84. The van der Waals surface area contributed by atoms with Crippen LogP contribution in [0.3, 0.4) is 0 Å². The summed E-state index contributed by atoms with van der Waals surface area (Å²) in [7, 11) is 1.58. The van der Waals surface area contributed by atoms with Gasteiger partial charge in [0.2, 0.25) is 5.96 Å². The molecule has 0 saturated carbocycles. The van der Waals surface area contributed by atoms with E-state index in [0.717, 1.165) is 26.2 Å². The maximum atomic E-state index is 8.03. The van der Waals surface area contributed by atoms with Crippen molar-refractivity contribution in [2.24, 2.45) is 15.7 Å². The zero-order chi connectivity index (χ0) is 16.1. The van der Waals surface area contributed by atoms with E-state index in [1.165, 1.54) is 23.0 Å². The fraction of sp³-hybridized carbons (Fsp3) is 0.438. The molecule has 1 fully saturated rings. The summed E-state index contributed by atoms with van der Waals surface area (Å²) in [5.74, 6) is 0.574. The summed E-state index contributed by atoms with van der Waals surface area (Å²) in [5.41, 5.74) is 9.39. The molecule has 118 valence electrons. The fourth-order valence-corrected chi connectivity index (χ4v) is 2.39. The monoisotopic (exact) mass is 300 g/mol. The molecule has 0 bridgehead atoms. The van der Waals surface area contributed by atoms with Crippen LogP contribution >= 0.6 is 0 Å². The van der Waals surface area contributed by atoms with Crippen molar-refractivity contribution < 1.29 is 0 Å². The standard InChI is InChI=1S/C16H24N6/c1-12-4-5-14(10-13(12)2)21-6-8-22(9-7-21)15(17)11-20-16(18)19-3/h4-5,10-11,17H,6-9H2,1-3H3,(H2,18,19)/b17-15?,20-11-. The van der Waals surface area contributed by atoms with E-state index in [9.17, 15) is 0 Å². The molecule has 3 N–H and O–H groups in total. The largest absolute Gasteiger partial charge is 0.368 e. The highest BCUT2D eigenvalue weighted by molar-refractivity contribution is 6.29. The van der Waals surface area contributed by atoms with Crippen molar-refractivity contribution in [1.82, 2.24) is 4.90 Å². The van der Waals surface area contributed by atoms with Crippen LogP contribution < -0.4 is 10.6 Å². The molecule has 0 aromatic heterocycles. The van der Waals surface area contributed by atoms with E-state index in [4.69, 9.17) is 11.1 Å². The lowest BCUT2D eigenvalue weighted by atomic mass is 10.1. The number of nitrogens with zero attached hydrogens (tertiary/aromatic N) is 4. The fourth-order valence-electron chi connectivity index (χ4n) is 2.39. The molecule has 1 aromatic rings. The molecule has 0 aliphatic carbocycles. The Labute approximate surface area is 131 Å². The zero-order valence-electron chi connectivity index (χ0n) is 13.5. The summed E-state index contributed by atoms with van der Waals surface area (Å²) in [6.45, 7) is 7.68. The Kier molecular flexibility index (Phi) is 5.14. The minimum Gasteiger partial charge on any atom is -0.368 e. The number of anilines is 1. The molecule has 0 spiro atoms. The first-order valence-corrected chi connectivity index (χ1v) is 7.43. The second-order valence-corrected chi connectivity index (χ2v) is 5.47. The van der Waals surface area contributed by atoms with Crippen LogP contribution in [0, 0.1) is 19.3 Å². The Hall–Kier alpha value is -2.37. The van der Waals surface area contributed by atoms with Crippen LogP contribution in [0.1, 0.15) is 11.1 Å². The molecular formula is C16H24N6. The van der Waals surface area contributed by atoms with Gasteiger partial charge in [-0.15, -0.1) is 0 Å². The van der Waals surface area contributed by atoms with E-state index in [0.29, 0.717) is 5.84 Å². The Morgan fingerprint density at radius 3 is 2.45 bits per heavy atom. The van der Waals surface area contributed by atoms with E-state index < -0.39 is 0 Å². The summed E-state index contributed by atoms with van der Waals surface area (Å²) in [5, 5.41) is 8.03. The van der Waals surface area contributed by atoms with E-state index in [1.54, 1.807) is 7.05 Å². The SMILES string of the molecule is C/N=C(N)\N=C/C(=N)N1CCN(c2ccc(C)c(C)c2)CC1. The molecule has 6 heteroatoms. The molecule has 0 amide bonds. The van der Waals surface area contributed by atoms with Crippen molar-refractivity contribution >= 4 is 23.7 Å². The van der Waals surface area contributed by atoms with Crippen LogP contribution in [-0.2, 0) is 0 Å². The Balaban J connectivity index is 1.94. The minimum absolute atomic E-state index is 0.193. The van der Waals surface area contributed by atoms with Crippen LogP contribution in [-0.4, -0.2) is 56.1 Å². The smallest absolute Gasteiger partial charge is 0.215 e. The number of amidine groups is 1. The number of rotatable bonds is 2. The molecule has 0 atom stereocenters. The highest BCUT2D eigenvalue weighted by atomic mass is 15.3. The van der Waals surface area contributed by atoms with Gasteiger partial charge < -0.3 is 15.5 Å². The Bertz CT molecular complexity index is 597. The summed E-state index contributed by atoms with van der Waals surface area (Å²) in [6.07, 6.45) is 1.47. The van der Waals surface area contributed by atoms with Gasteiger partial charge >= 0.3 is 0 Å². The predicted octanol–water partition coefficient (Wildman–Crippen LogP) is 1.42. The zero-order valence-corrected chi connectivity index (χ0v) is 13.5. The first-order valence-electron chi connectivity index (χ1n) is 7.43. The number of guanidine groups is 1. The topological polar surface area (TPSA) is 81.1 Å². The minimum atomic E-state index is 0.193.